The van der Waals surface area contributed by atoms with Gasteiger partial charge in [-0.05, 0) is 57.4 Å². The van der Waals surface area contributed by atoms with Gasteiger partial charge in [0.2, 0.25) is 0 Å². The second-order valence-electron chi connectivity index (χ2n) is 3.37. The smallest absolute Gasteiger partial charge is 0.0701 e. The molecule has 0 spiro atoms. The monoisotopic (exact) mass is 301 g/mol. The molecule has 0 aliphatic heterocycles. The van der Waals surface area contributed by atoms with Crippen molar-refractivity contribution in [1.29, 1.82) is 0 Å². The molecule has 0 saturated carbocycles. The zero-order valence-corrected chi connectivity index (χ0v) is 11.6. The zero-order chi connectivity index (χ0) is 10.7. The van der Waals surface area contributed by atoms with Crippen LogP contribution in [0.15, 0.2) is 32.7 Å². The van der Waals surface area contributed by atoms with Gasteiger partial charge >= 0.3 is 0 Å². The molecule has 0 amide bonds. The quantitative estimate of drug-likeness (QED) is 0.881. The first-order valence-corrected chi connectivity index (χ1v) is 7.30. The Hall–Kier alpha value is -0.160. The van der Waals surface area contributed by atoms with E-state index in [1.807, 2.05) is 0 Å². The fourth-order valence-electron chi connectivity index (χ4n) is 1.34. The maximum Gasteiger partial charge on any atom is 0.0701 e. The minimum atomic E-state index is 0.428. The molecule has 2 rings (SSSR count). The Morgan fingerprint density at radius 2 is 2.27 bits per heavy atom. The van der Waals surface area contributed by atoms with Gasteiger partial charge < -0.3 is 5.32 Å². The van der Waals surface area contributed by atoms with Gasteiger partial charge in [-0.2, -0.15) is 11.3 Å². The minimum absolute atomic E-state index is 0.428. The van der Waals surface area contributed by atoms with Crippen LogP contribution in [0.3, 0.4) is 0 Å². The van der Waals surface area contributed by atoms with Gasteiger partial charge in [-0.25, -0.2) is 0 Å². The molecule has 0 radical (unpaired) electrons. The molecule has 0 bridgehead atoms. The van der Waals surface area contributed by atoms with Gasteiger partial charge in [-0.15, -0.1) is 11.3 Å². The summed E-state index contributed by atoms with van der Waals surface area (Å²) in [5.41, 5.74) is 1.37. The van der Waals surface area contributed by atoms with Gasteiger partial charge in [0.05, 0.1) is 3.79 Å². The fraction of sp³-hybridized carbons (Fsp3) is 0.273. The molecule has 1 nitrogen and oxygen atoms in total. The number of hydrogen-bond donors (Lipinski definition) is 1. The third-order valence-corrected chi connectivity index (χ3v) is 4.58. The van der Waals surface area contributed by atoms with Crippen LogP contribution < -0.4 is 5.32 Å². The lowest BCUT2D eigenvalue weighted by Crippen LogP contribution is -2.16. The molecule has 0 fully saturated rings. The van der Waals surface area contributed by atoms with E-state index in [9.17, 15) is 0 Å². The number of thiophene rings is 2. The van der Waals surface area contributed by atoms with Gasteiger partial charge in [0, 0.05) is 17.5 Å². The molecule has 0 aliphatic rings. The highest BCUT2D eigenvalue weighted by molar-refractivity contribution is 9.11. The molecule has 1 N–H and O–H groups in total. The Kier molecular flexibility index (Phi) is 3.97. The van der Waals surface area contributed by atoms with E-state index in [1.165, 1.54) is 14.2 Å². The summed E-state index contributed by atoms with van der Waals surface area (Å²) in [6, 6.07) is 6.85. The van der Waals surface area contributed by atoms with E-state index < -0.39 is 0 Å². The SMILES string of the molecule is CC(NCc1ccc(Br)s1)c1ccsc1. The van der Waals surface area contributed by atoms with Crippen molar-refractivity contribution < 1.29 is 0 Å². The van der Waals surface area contributed by atoms with E-state index in [0.717, 1.165) is 6.54 Å². The first kappa shape index (κ1) is 11.3. The van der Waals surface area contributed by atoms with Crippen LogP contribution in [0.4, 0.5) is 0 Å². The molecular weight excluding hydrogens is 290 g/mol. The average Bonchev–Trinajstić information content (AvgIpc) is 2.84. The molecule has 2 aromatic heterocycles. The normalized spacial score (nSPS) is 12.9. The maximum atomic E-state index is 3.51. The van der Waals surface area contributed by atoms with Gasteiger partial charge in [0.25, 0.3) is 0 Å². The minimum Gasteiger partial charge on any atom is -0.305 e. The Morgan fingerprint density at radius 3 is 2.87 bits per heavy atom. The van der Waals surface area contributed by atoms with Crippen LogP contribution >= 0.6 is 38.6 Å². The van der Waals surface area contributed by atoms with Crippen LogP contribution in [0.5, 0.6) is 0 Å². The lowest BCUT2D eigenvalue weighted by molar-refractivity contribution is 0.580. The van der Waals surface area contributed by atoms with E-state index in [4.69, 9.17) is 0 Å². The van der Waals surface area contributed by atoms with E-state index in [-0.39, 0.29) is 0 Å². The van der Waals surface area contributed by atoms with Gasteiger partial charge in [-0.3, -0.25) is 0 Å². The van der Waals surface area contributed by atoms with E-state index >= 15 is 0 Å². The topological polar surface area (TPSA) is 12.0 Å². The third-order valence-electron chi connectivity index (χ3n) is 2.25. The van der Waals surface area contributed by atoms with Crippen LogP contribution in [0, 0.1) is 0 Å². The Balaban J connectivity index is 1.88. The van der Waals surface area contributed by atoms with Crippen LogP contribution in [-0.2, 0) is 6.54 Å². The lowest BCUT2D eigenvalue weighted by atomic mass is 10.2. The molecule has 0 saturated heterocycles. The second kappa shape index (κ2) is 5.25. The summed E-state index contributed by atoms with van der Waals surface area (Å²) in [5, 5.41) is 7.83. The molecule has 80 valence electrons. The first-order valence-electron chi connectivity index (χ1n) is 4.75. The molecule has 0 aromatic carbocycles. The van der Waals surface area contributed by atoms with Gasteiger partial charge in [-0.1, -0.05) is 0 Å². The first-order chi connectivity index (χ1) is 7.25. The second-order valence-corrected chi connectivity index (χ2v) is 6.69. The van der Waals surface area contributed by atoms with Gasteiger partial charge in [0.15, 0.2) is 0 Å². The van der Waals surface area contributed by atoms with Crippen LogP contribution in [0.2, 0.25) is 0 Å². The molecule has 4 heteroatoms. The summed E-state index contributed by atoms with van der Waals surface area (Å²) in [6.45, 7) is 3.14. The van der Waals surface area contributed by atoms with Crippen molar-refractivity contribution in [3.05, 3.63) is 43.2 Å². The molecule has 15 heavy (non-hydrogen) atoms. The largest absolute Gasteiger partial charge is 0.305 e. The van der Waals surface area contributed by atoms with Gasteiger partial charge in [0.1, 0.15) is 0 Å². The summed E-state index contributed by atoms with van der Waals surface area (Å²) in [4.78, 5) is 1.36. The van der Waals surface area contributed by atoms with Crippen molar-refractivity contribution in [3.8, 4) is 0 Å². The van der Waals surface area contributed by atoms with Crippen LogP contribution in [0.25, 0.3) is 0 Å². The predicted octanol–water partition coefficient (Wildman–Crippen LogP) is 4.42. The van der Waals surface area contributed by atoms with Crippen LogP contribution in [0.1, 0.15) is 23.4 Å². The molecule has 0 aliphatic carbocycles. The number of rotatable bonds is 4. The van der Waals surface area contributed by atoms with Crippen molar-refractivity contribution in [1.82, 2.24) is 5.32 Å². The van der Waals surface area contributed by atoms with E-state index in [2.05, 4.69) is 57.1 Å². The summed E-state index contributed by atoms with van der Waals surface area (Å²) in [6.07, 6.45) is 0. The molecule has 2 aromatic rings. The Labute approximate surface area is 106 Å². The van der Waals surface area contributed by atoms with Crippen molar-refractivity contribution in [2.75, 3.05) is 0 Å². The third kappa shape index (κ3) is 3.14. The van der Waals surface area contributed by atoms with E-state index in [0.29, 0.717) is 6.04 Å². The summed E-state index contributed by atoms with van der Waals surface area (Å²) in [7, 11) is 0. The van der Waals surface area contributed by atoms with Crippen molar-refractivity contribution in [2.24, 2.45) is 0 Å². The Morgan fingerprint density at radius 1 is 1.40 bits per heavy atom. The summed E-state index contributed by atoms with van der Waals surface area (Å²) >= 11 is 7.00. The van der Waals surface area contributed by atoms with Crippen molar-refractivity contribution >= 4 is 38.6 Å². The number of nitrogens with one attached hydrogen (secondary N) is 1. The fourth-order valence-corrected chi connectivity index (χ4v) is 3.53. The number of hydrogen-bond acceptors (Lipinski definition) is 3. The molecule has 2 heterocycles. The highest BCUT2D eigenvalue weighted by Crippen LogP contribution is 2.23. The maximum absolute atomic E-state index is 3.51. The van der Waals surface area contributed by atoms with Crippen LogP contribution in [-0.4, -0.2) is 0 Å². The molecule has 1 unspecified atom stereocenters. The number of halogens is 1. The molecule has 1 atom stereocenters. The predicted molar refractivity (Wildman–Crippen MR) is 71.6 cm³/mol. The zero-order valence-electron chi connectivity index (χ0n) is 8.37. The lowest BCUT2D eigenvalue weighted by Gasteiger charge is -2.11. The Bertz CT molecular complexity index is 408. The van der Waals surface area contributed by atoms with E-state index in [1.54, 1.807) is 22.7 Å². The molecular formula is C11H12BrNS2. The summed E-state index contributed by atoms with van der Waals surface area (Å²) < 4.78 is 1.20. The average molecular weight is 302 g/mol. The highest BCUT2D eigenvalue weighted by Gasteiger charge is 2.05. The van der Waals surface area contributed by atoms with Crippen molar-refractivity contribution in [3.63, 3.8) is 0 Å². The summed E-state index contributed by atoms with van der Waals surface area (Å²) in [5.74, 6) is 0. The van der Waals surface area contributed by atoms with Crippen molar-refractivity contribution in [2.45, 2.75) is 19.5 Å². The standard InChI is InChI=1S/C11H12BrNS2/c1-8(9-4-5-14-7-9)13-6-10-2-3-11(12)15-10/h2-5,7-8,13H,6H2,1H3. The highest BCUT2D eigenvalue weighted by atomic mass is 79.9.